The maximum atomic E-state index is 9.21. The average Bonchev–Trinajstić information content (AvgIpc) is 2.19. The maximum Gasteiger partial charge on any atom is 0.183 e. The van der Waals surface area contributed by atoms with E-state index in [4.69, 9.17) is 14.9 Å². The van der Waals surface area contributed by atoms with Gasteiger partial charge in [-0.2, -0.15) is 11.8 Å². The highest BCUT2D eigenvalue weighted by molar-refractivity contribution is 7.98. The number of aliphatic hydroxyl groups is 3. The second-order valence-corrected chi connectivity index (χ2v) is 3.41. The third kappa shape index (κ3) is 1.86. The Bertz CT molecular complexity index is 132. The molecule has 11 heavy (non-hydrogen) atoms. The third-order valence-electron chi connectivity index (χ3n) is 1.67. The summed E-state index contributed by atoms with van der Waals surface area (Å²) in [5.41, 5.74) is 0. The van der Waals surface area contributed by atoms with Crippen LogP contribution in [-0.4, -0.2) is 51.9 Å². The fourth-order valence-electron chi connectivity index (χ4n) is 1.03. The molecule has 5 heteroatoms. The first-order valence-corrected chi connectivity index (χ1v) is 4.75. The summed E-state index contributed by atoms with van der Waals surface area (Å²) >= 11 is 1.50. The first-order valence-electron chi connectivity index (χ1n) is 3.35. The van der Waals surface area contributed by atoms with Crippen molar-refractivity contribution < 1.29 is 20.1 Å². The van der Waals surface area contributed by atoms with E-state index >= 15 is 0 Å². The number of hydrogen-bond donors (Lipinski definition) is 3. The zero-order chi connectivity index (χ0) is 8.43. The topological polar surface area (TPSA) is 69.9 Å². The quantitative estimate of drug-likeness (QED) is 0.497. The highest BCUT2D eigenvalue weighted by atomic mass is 32.2. The van der Waals surface area contributed by atoms with E-state index in [0.29, 0.717) is 5.75 Å². The van der Waals surface area contributed by atoms with Crippen molar-refractivity contribution in [3.05, 3.63) is 0 Å². The SMILES string of the molecule is CSC[C@H]1OC(O)[C@@H](O)C1O. The Morgan fingerprint density at radius 3 is 2.27 bits per heavy atom. The van der Waals surface area contributed by atoms with Crippen LogP contribution in [0.2, 0.25) is 0 Å². The Morgan fingerprint density at radius 2 is 1.91 bits per heavy atom. The molecule has 0 bridgehead atoms. The summed E-state index contributed by atoms with van der Waals surface area (Å²) in [5, 5.41) is 27.2. The molecule has 0 aliphatic carbocycles. The normalized spacial score (nSPS) is 44.7. The van der Waals surface area contributed by atoms with Gasteiger partial charge in [-0.3, -0.25) is 0 Å². The van der Waals surface area contributed by atoms with Crippen molar-refractivity contribution >= 4 is 11.8 Å². The van der Waals surface area contributed by atoms with Crippen molar-refractivity contribution in [1.82, 2.24) is 0 Å². The zero-order valence-electron chi connectivity index (χ0n) is 6.17. The van der Waals surface area contributed by atoms with Crippen molar-refractivity contribution in [2.75, 3.05) is 12.0 Å². The van der Waals surface area contributed by atoms with E-state index in [2.05, 4.69) is 0 Å². The maximum absolute atomic E-state index is 9.21. The lowest BCUT2D eigenvalue weighted by atomic mass is 10.2. The predicted octanol–water partition coefficient (Wildman–Crippen LogP) is -1.21. The Hall–Kier alpha value is 0.190. The lowest BCUT2D eigenvalue weighted by Crippen LogP contribution is -2.33. The predicted molar refractivity (Wildman–Crippen MR) is 41.3 cm³/mol. The van der Waals surface area contributed by atoms with Crippen LogP contribution in [0, 0.1) is 0 Å². The first kappa shape index (κ1) is 9.28. The van der Waals surface area contributed by atoms with E-state index in [1.165, 1.54) is 11.8 Å². The molecule has 66 valence electrons. The summed E-state index contributed by atoms with van der Waals surface area (Å²) < 4.78 is 4.86. The molecule has 4 atom stereocenters. The summed E-state index contributed by atoms with van der Waals surface area (Å²) in [6.45, 7) is 0. The van der Waals surface area contributed by atoms with Gasteiger partial charge in [0.2, 0.25) is 0 Å². The molecule has 1 fully saturated rings. The largest absolute Gasteiger partial charge is 0.387 e. The van der Waals surface area contributed by atoms with Crippen LogP contribution < -0.4 is 0 Å². The van der Waals surface area contributed by atoms with Gasteiger partial charge in [-0.1, -0.05) is 0 Å². The van der Waals surface area contributed by atoms with E-state index in [-0.39, 0.29) is 0 Å². The molecule has 3 N–H and O–H groups in total. The van der Waals surface area contributed by atoms with Gasteiger partial charge in [0.15, 0.2) is 6.29 Å². The van der Waals surface area contributed by atoms with Crippen LogP contribution in [0.3, 0.4) is 0 Å². The molecule has 0 amide bonds. The van der Waals surface area contributed by atoms with Gasteiger partial charge in [-0.05, 0) is 6.26 Å². The molecular weight excluding hydrogens is 168 g/mol. The smallest absolute Gasteiger partial charge is 0.183 e. The Labute approximate surface area is 69.2 Å². The number of aliphatic hydroxyl groups excluding tert-OH is 3. The van der Waals surface area contributed by atoms with Crippen molar-refractivity contribution in [1.29, 1.82) is 0 Å². The van der Waals surface area contributed by atoms with E-state index < -0.39 is 24.6 Å². The number of thioether (sulfide) groups is 1. The minimum absolute atomic E-state index is 0.449. The number of hydrogen-bond acceptors (Lipinski definition) is 5. The lowest BCUT2D eigenvalue weighted by molar-refractivity contribution is -0.123. The van der Waals surface area contributed by atoms with Gasteiger partial charge in [0.25, 0.3) is 0 Å². The van der Waals surface area contributed by atoms with Crippen molar-refractivity contribution in [3.8, 4) is 0 Å². The van der Waals surface area contributed by atoms with Gasteiger partial charge in [0, 0.05) is 5.75 Å². The standard InChI is InChI=1S/C6H12O4S/c1-11-2-3-4(7)5(8)6(9)10-3/h3-9H,2H2,1H3/t3-,4?,5+,6?/m1/s1. The van der Waals surface area contributed by atoms with Crippen LogP contribution >= 0.6 is 11.8 Å². The first-order chi connectivity index (χ1) is 5.16. The van der Waals surface area contributed by atoms with Crippen LogP contribution in [0.1, 0.15) is 0 Å². The molecule has 2 unspecified atom stereocenters. The minimum Gasteiger partial charge on any atom is -0.387 e. The summed E-state index contributed by atoms with van der Waals surface area (Å²) in [7, 11) is 0. The molecule has 1 aliphatic rings. The van der Waals surface area contributed by atoms with Gasteiger partial charge >= 0.3 is 0 Å². The third-order valence-corrected chi connectivity index (χ3v) is 2.33. The molecule has 1 aliphatic heterocycles. The van der Waals surface area contributed by atoms with E-state index in [1.807, 2.05) is 6.26 Å². The van der Waals surface area contributed by atoms with Crippen LogP contribution in [0.4, 0.5) is 0 Å². The molecule has 0 aromatic rings. The zero-order valence-corrected chi connectivity index (χ0v) is 6.99. The molecule has 0 saturated carbocycles. The number of ether oxygens (including phenoxy) is 1. The van der Waals surface area contributed by atoms with Crippen LogP contribution in [0.25, 0.3) is 0 Å². The number of rotatable bonds is 2. The molecule has 1 saturated heterocycles. The second-order valence-electron chi connectivity index (χ2n) is 2.50. The van der Waals surface area contributed by atoms with Crippen molar-refractivity contribution in [2.45, 2.75) is 24.6 Å². The van der Waals surface area contributed by atoms with Crippen LogP contribution in [-0.2, 0) is 4.74 Å². The molecule has 0 radical (unpaired) electrons. The van der Waals surface area contributed by atoms with Gasteiger partial charge in [0.1, 0.15) is 12.2 Å². The van der Waals surface area contributed by atoms with Gasteiger partial charge < -0.3 is 20.1 Å². The van der Waals surface area contributed by atoms with Crippen molar-refractivity contribution in [2.24, 2.45) is 0 Å². The fourth-order valence-corrected chi connectivity index (χ4v) is 1.64. The summed E-state index contributed by atoms with van der Waals surface area (Å²) in [6, 6.07) is 0. The second kappa shape index (κ2) is 3.73. The molecule has 0 aromatic carbocycles. The van der Waals surface area contributed by atoms with E-state index in [9.17, 15) is 5.11 Å². The van der Waals surface area contributed by atoms with Crippen LogP contribution in [0.5, 0.6) is 0 Å². The molecule has 1 rings (SSSR count). The molecule has 0 spiro atoms. The Balaban J connectivity index is 2.45. The van der Waals surface area contributed by atoms with E-state index in [1.54, 1.807) is 0 Å². The highest BCUT2D eigenvalue weighted by Crippen LogP contribution is 2.21. The Morgan fingerprint density at radius 1 is 1.27 bits per heavy atom. The molecular formula is C6H12O4S. The fraction of sp³-hybridized carbons (Fsp3) is 1.00. The molecule has 1 heterocycles. The highest BCUT2D eigenvalue weighted by Gasteiger charge is 2.41. The van der Waals surface area contributed by atoms with Gasteiger partial charge in [0.05, 0.1) is 6.10 Å². The monoisotopic (exact) mass is 180 g/mol. The van der Waals surface area contributed by atoms with Crippen LogP contribution in [0.15, 0.2) is 0 Å². The van der Waals surface area contributed by atoms with E-state index in [0.717, 1.165) is 0 Å². The lowest BCUT2D eigenvalue weighted by Gasteiger charge is -2.11. The van der Waals surface area contributed by atoms with Crippen molar-refractivity contribution in [3.63, 3.8) is 0 Å². The van der Waals surface area contributed by atoms with Gasteiger partial charge in [-0.15, -0.1) is 0 Å². The minimum atomic E-state index is -1.23. The summed E-state index contributed by atoms with van der Waals surface area (Å²) in [4.78, 5) is 0. The molecule has 0 aromatic heterocycles. The Kier molecular flexibility index (Phi) is 3.15. The summed E-state index contributed by atoms with van der Waals surface area (Å²) in [6.07, 6.45) is -1.94. The summed E-state index contributed by atoms with van der Waals surface area (Å²) in [5.74, 6) is 0.579. The average molecular weight is 180 g/mol. The molecule has 4 nitrogen and oxygen atoms in total. The van der Waals surface area contributed by atoms with Gasteiger partial charge in [-0.25, -0.2) is 0 Å².